The van der Waals surface area contributed by atoms with Crippen LogP contribution in [0.15, 0.2) is 23.1 Å². The van der Waals surface area contributed by atoms with Gasteiger partial charge in [-0.3, -0.25) is 0 Å². The van der Waals surface area contributed by atoms with Crippen LogP contribution < -0.4 is 5.73 Å². The summed E-state index contributed by atoms with van der Waals surface area (Å²) in [7, 11) is -3.66. The Labute approximate surface area is 117 Å². The molecule has 2 unspecified atom stereocenters. The van der Waals surface area contributed by atoms with Crippen LogP contribution in [0.2, 0.25) is 5.02 Å². The molecule has 0 saturated carbocycles. The summed E-state index contributed by atoms with van der Waals surface area (Å²) in [6.07, 6.45) is 0.802. The lowest BCUT2D eigenvalue weighted by atomic mass is 9.99. The van der Waals surface area contributed by atoms with E-state index in [4.69, 9.17) is 17.3 Å². The van der Waals surface area contributed by atoms with Gasteiger partial charge >= 0.3 is 0 Å². The average molecular weight is 307 g/mol. The zero-order valence-electron chi connectivity index (χ0n) is 10.5. The van der Waals surface area contributed by atoms with Crippen molar-refractivity contribution in [2.75, 3.05) is 13.1 Å². The topological polar surface area (TPSA) is 63.4 Å². The second kappa shape index (κ2) is 5.36. The zero-order chi connectivity index (χ0) is 14.2. The van der Waals surface area contributed by atoms with Crippen molar-refractivity contribution < 1.29 is 12.8 Å². The number of sulfonamides is 1. The fraction of sp³-hybridized carbons (Fsp3) is 0.500. The van der Waals surface area contributed by atoms with Crippen molar-refractivity contribution in [1.29, 1.82) is 0 Å². The molecule has 1 aromatic rings. The van der Waals surface area contributed by atoms with Crippen LogP contribution in [0.3, 0.4) is 0 Å². The van der Waals surface area contributed by atoms with Gasteiger partial charge in [0.05, 0.1) is 9.92 Å². The first-order chi connectivity index (χ1) is 8.80. The van der Waals surface area contributed by atoms with Gasteiger partial charge in [-0.15, -0.1) is 0 Å². The van der Waals surface area contributed by atoms with Crippen LogP contribution in [-0.4, -0.2) is 31.9 Å². The van der Waals surface area contributed by atoms with Crippen LogP contribution in [0.25, 0.3) is 0 Å². The predicted molar refractivity (Wildman–Crippen MR) is 71.9 cm³/mol. The Balaban J connectivity index is 2.33. The molecule has 2 rings (SSSR count). The molecule has 0 aliphatic carbocycles. The van der Waals surface area contributed by atoms with E-state index in [-0.39, 0.29) is 28.4 Å². The average Bonchev–Trinajstić information content (AvgIpc) is 2.31. The lowest BCUT2D eigenvalue weighted by Crippen LogP contribution is -2.48. The van der Waals surface area contributed by atoms with Gasteiger partial charge in [0.25, 0.3) is 0 Å². The maximum atomic E-state index is 13.1. The maximum absolute atomic E-state index is 13.1. The van der Waals surface area contributed by atoms with E-state index in [0.717, 1.165) is 18.6 Å². The van der Waals surface area contributed by atoms with Gasteiger partial charge in [-0.25, -0.2) is 12.8 Å². The van der Waals surface area contributed by atoms with Crippen molar-refractivity contribution >= 4 is 21.6 Å². The number of hydrogen-bond acceptors (Lipinski definition) is 3. The monoisotopic (exact) mass is 306 g/mol. The third-order valence-corrected chi connectivity index (χ3v) is 5.30. The Morgan fingerprint density at radius 2 is 2.11 bits per heavy atom. The first-order valence-electron chi connectivity index (χ1n) is 6.01. The fourth-order valence-electron chi connectivity index (χ4n) is 2.33. The summed E-state index contributed by atoms with van der Waals surface area (Å²) >= 11 is 5.63. The summed E-state index contributed by atoms with van der Waals surface area (Å²) in [5.74, 6) is -0.432. The van der Waals surface area contributed by atoms with Gasteiger partial charge in [-0.2, -0.15) is 4.31 Å². The molecule has 19 heavy (non-hydrogen) atoms. The number of halogens is 2. The maximum Gasteiger partial charge on any atom is 0.243 e. The van der Waals surface area contributed by atoms with Crippen LogP contribution in [0.1, 0.15) is 13.3 Å². The molecule has 4 nitrogen and oxygen atoms in total. The normalized spacial score (nSPS) is 25.5. The van der Waals surface area contributed by atoms with Gasteiger partial charge in [0.1, 0.15) is 5.82 Å². The van der Waals surface area contributed by atoms with Gasteiger partial charge in [-0.05, 0) is 30.5 Å². The zero-order valence-corrected chi connectivity index (χ0v) is 12.1. The molecule has 2 atom stereocenters. The SMILES string of the molecule is CC1CC(N)CN(S(=O)(=O)c2ccc(F)c(Cl)c2)C1. The van der Waals surface area contributed by atoms with Gasteiger partial charge < -0.3 is 5.73 Å². The highest BCUT2D eigenvalue weighted by atomic mass is 35.5. The molecule has 1 aromatic carbocycles. The molecule has 0 bridgehead atoms. The molecular weight excluding hydrogens is 291 g/mol. The van der Waals surface area contributed by atoms with E-state index in [1.54, 1.807) is 0 Å². The molecule has 0 spiro atoms. The van der Waals surface area contributed by atoms with Crippen LogP contribution in [0.5, 0.6) is 0 Å². The van der Waals surface area contributed by atoms with Crippen molar-refractivity contribution in [1.82, 2.24) is 4.31 Å². The third kappa shape index (κ3) is 3.08. The Hall–Kier alpha value is -0.690. The van der Waals surface area contributed by atoms with E-state index in [1.165, 1.54) is 10.4 Å². The molecule has 1 fully saturated rings. The van der Waals surface area contributed by atoms with Crippen molar-refractivity contribution in [3.05, 3.63) is 29.0 Å². The van der Waals surface area contributed by atoms with Gasteiger partial charge in [0.2, 0.25) is 10.0 Å². The highest BCUT2D eigenvalue weighted by Crippen LogP contribution is 2.25. The number of rotatable bonds is 2. The molecule has 0 amide bonds. The second-order valence-electron chi connectivity index (χ2n) is 5.00. The quantitative estimate of drug-likeness (QED) is 0.907. The Morgan fingerprint density at radius 1 is 1.42 bits per heavy atom. The number of nitrogens with zero attached hydrogens (tertiary/aromatic N) is 1. The molecular formula is C12H16ClFN2O2S. The highest BCUT2D eigenvalue weighted by Gasteiger charge is 2.32. The van der Waals surface area contributed by atoms with Crippen LogP contribution in [0.4, 0.5) is 4.39 Å². The van der Waals surface area contributed by atoms with E-state index < -0.39 is 15.8 Å². The van der Waals surface area contributed by atoms with E-state index in [0.29, 0.717) is 6.54 Å². The first-order valence-corrected chi connectivity index (χ1v) is 7.83. The lowest BCUT2D eigenvalue weighted by Gasteiger charge is -2.33. The molecule has 0 aromatic heterocycles. The number of piperidine rings is 1. The molecule has 1 aliphatic heterocycles. The number of hydrogen-bond donors (Lipinski definition) is 1. The van der Waals surface area contributed by atoms with Crippen molar-refractivity contribution in [2.45, 2.75) is 24.3 Å². The number of nitrogens with two attached hydrogens (primary N) is 1. The van der Waals surface area contributed by atoms with Crippen molar-refractivity contribution in [3.8, 4) is 0 Å². The first kappa shape index (κ1) is 14.7. The molecule has 0 radical (unpaired) electrons. The van der Waals surface area contributed by atoms with E-state index in [1.807, 2.05) is 6.92 Å². The second-order valence-corrected chi connectivity index (χ2v) is 7.34. The standard InChI is InChI=1S/C12H16ClFN2O2S/c1-8-4-9(15)7-16(6-8)19(17,18)10-2-3-12(14)11(13)5-10/h2-3,5,8-9H,4,6-7,15H2,1H3. The van der Waals surface area contributed by atoms with E-state index >= 15 is 0 Å². The largest absolute Gasteiger partial charge is 0.326 e. The minimum atomic E-state index is -3.66. The Morgan fingerprint density at radius 3 is 2.68 bits per heavy atom. The summed E-state index contributed by atoms with van der Waals surface area (Å²) < 4.78 is 39.3. The molecule has 2 N–H and O–H groups in total. The molecule has 1 heterocycles. The summed E-state index contributed by atoms with van der Waals surface area (Å²) in [6.45, 7) is 2.66. The van der Waals surface area contributed by atoms with Gasteiger partial charge in [-0.1, -0.05) is 18.5 Å². The summed E-state index contributed by atoms with van der Waals surface area (Å²) in [4.78, 5) is 0.000185. The predicted octanol–water partition coefficient (Wildman–Crippen LogP) is 1.84. The molecule has 7 heteroatoms. The number of benzene rings is 1. The van der Waals surface area contributed by atoms with Crippen LogP contribution in [-0.2, 0) is 10.0 Å². The van der Waals surface area contributed by atoms with E-state index in [2.05, 4.69) is 0 Å². The van der Waals surface area contributed by atoms with Crippen molar-refractivity contribution in [2.24, 2.45) is 11.7 Å². The minimum absolute atomic E-state index is 0.000185. The smallest absolute Gasteiger partial charge is 0.243 e. The molecule has 1 aliphatic rings. The Bertz CT molecular complexity index is 569. The molecule has 1 saturated heterocycles. The van der Waals surface area contributed by atoms with E-state index in [9.17, 15) is 12.8 Å². The van der Waals surface area contributed by atoms with Gasteiger partial charge in [0.15, 0.2) is 0 Å². The summed E-state index contributed by atoms with van der Waals surface area (Å²) in [5, 5.41) is -0.199. The summed E-state index contributed by atoms with van der Waals surface area (Å²) in [5.41, 5.74) is 5.85. The fourth-order valence-corrected chi connectivity index (χ4v) is 4.22. The van der Waals surface area contributed by atoms with Gasteiger partial charge in [0, 0.05) is 19.1 Å². The minimum Gasteiger partial charge on any atom is -0.326 e. The lowest BCUT2D eigenvalue weighted by molar-refractivity contribution is 0.254. The molecule has 106 valence electrons. The van der Waals surface area contributed by atoms with Crippen LogP contribution in [0, 0.1) is 11.7 Å². The third-order valence-electron chi connectivity index (χ3n) is 3.19. The Kier molecular flexibility index (Phi) is 4.15. The van der Waals surface area contributed by atoms with Crippen LogP contribution >= 0.6 is 11.6 Å². The van der Waals surface area contributed by atoms with Crippen molar-refractivity contribution in [3.63, 3.8) is 0 Å². The highest BCUT2D eigenvalue weighted by molar-refractivity contribution is 7.89. The summed E-state index contributed by atoms with van der Waals surface area (Å²) in [6, 6.07) is 3.25.